The smallest absolute Gasteiger partial charge is 0.228 e. The van der Waals surface area contributed by atoms with E-state index in [9.17, 15) is 18.8 Å². The molecule has 142 valence electrons. The van der Waals surface area contributed by atoms with Crippen molar-refractivity contribution in [3.05, 3.63) is 76.9 Å². The van der Waals surface area contributed by atoms with E-state index >= 15 is 0 Å². The van der Waals surface area contributed by atoms with Gasteiger partial charge in [-0.05, 0) is 37.1 Å². The molecule has 28 heavy (non-hydrogen) atoms. The number of carbonyl (C=O) groups is 3. The van der Waals surface area contributed by atoms with Gasteiger partial charge < -0.3 is 4.90 Å². The van der Waals surface area contributed by atoms with Crippen LogP contribution in [0.4, 0.5) is 10.1 Å². The second-order valence-electron chi connectivity index (χ2n) is 6.93. The predicted molar refractivity (Wildman–Crippen MR) is 102 cm³/mol. The summed E-state index contributed by atoms with van der Waals surface area (Å²) in [5.41, 5.74) is 1.27. The number of hydrogen-bond donors (Lipinski definition) is 0. The number of rotatable bonds is 3. The van der Waals surface area contributed by atoms with E-state index in [1.54, 1.807) is 24.3 Å². The van der Waals surface area contributed by atoms with Gasteiger partial charge in [0.1, 0.15) is 17.2 Å². The maximum atomic E-state index is 13.4. The Kier molecular flexibility index (Phi) is 4.55. The van der Waals surface area contributed by atoms with Crippen LogP contribution in [0.25, 0.3) is 0 Å². The molecule has 2 aliphatic rings. The van der Waals surface area contributed by atoms with Crippen molar-refractivity contribution in [1.82, 2.24) is 4.90 Å². The van der Waals surface area contributed by atoms with E-state index in [1.807, 2.05) is 4.90 Å². The average molecular weight is 378 g/mol. The van der Waals surface area contributed by atoms with Crippen LogP contribution in [0.1, 0.15) is 40.5 Å². The molecular formula is C22H19FN2O3. The highest BCUT2D eigenvalue weighted by Gasteiger charge is 2.39. The SMILES string of the molecule is CC(=O)N(C1=C(N2CCCC2)C(=O)c2ccccc2C1=O)c1ccc(F)cc1. The minimum Gasteiger partial charge on any atom is -0.367 e. The van der Waals surface area contributed by atoms with Gasteiger partial charge in [0.25, 0.3) is 0 Å². The van der Waals surface area contributed by atoms with Crippen molar-refractivity contribution >= 4 is 23.2 Å². The zero-order valence-corrected chi connectivity index (χ0v) is 15.4. The molecule has 0 atom stereocenters. The van der Waals surface area contributed by atoms with Crippen molar-refractivity contribution in [2.45, 2.75) is 19.8 Å². The Morgan fingerprint density at radius 3 is 2.07 bits per heavy atom. The summed E-state index contributed by atoms with van der Waals surface area (Å²) in [7, 11) is 0. The number of Topliss-reactive ketones (excluding diaryl/α,β-unsaturated/α-hetero) is 2. The molecule has 1 amide bonds. The Morgan fingerprint density at radius 2 is 1.50 bits per heavy atom. The molecule has 2 aromatic rings. The number of amides is 1. The summed E-state index contributed by atoms with van der Waals surface area (Å²) < 4.78 is 13.4. The molecule has 1 saturated heterocycles. The molecule has 2 aromatic carbocycles. The summed E-state index contributed by atoms with van der Waals surface area (Å²) in [6, 6.07) is 12.0. The number of carbonyl (C=O) groups excluding carboxylic acids is 3. The molecule has 4 rings (SSSR count). The summed E-state index contributed by atoms with van der Waals surface area (Å²) in [6.07, 6.45) is 1.83. The number of fused-ring (bicyclic) bond motifs is 1. The quantitative estimate of drug-likeness (QED) is 0.819. The van der Waals surface area contributed by atoms with Gasteiger partial charge in [0, 0.05) is 36.8 Å². The molecule has 0 bridgehead atoms. The Bertz CT molecular complexity index is 1000. The molecular weight excluding hydrogens is 359 g/mol. The lowest BCUT2D eigenvalue weighted by Crippen LogP contribution is -2.41. The standard InChI is InChI=1S/C22H19FN2O3/c1-14(26)25(16-10-8-15(23)9-11-16)20-19(24-12-4-5-13-24)21(27)17-6-2-3-7-18(17)22(20)28/h2-3,6-11H,4-5,12-13H2,1H3. The fourth-order valence-electron chi connectivity index (χ4n) is 3.85. The topological polar surface area (TPSA) is 57.7 Å². The number of allylic oxidation sites excluding steroid dienone is 2. The lowest BCUT2D eigenvalue weighted by molar-refractivity contribution is -0.116. The second-order valence-corrected chi connectivity index (χ2v) is 6.93. The number of halogens is 1. The number of benzene rings is 2. The van der Waals surface area contributed by atoms with Crippen molar-refractivity contribution in [2.24, 2.45) is 0 Å². The minimum atomic E-state index is -0.447. The first kappa shape index (κ1) is 18.1. The Hall–Kier alpha value is -3.28. The third-order valence-electron chi connectivity index (χ3n) is 5.12. The number of likely N-dealkylation sites (tertiary alicyclic amines) is 1. The normalized spacial score (nSPS) is 16.4. The molecule has 1 heterocycles. The van der Waals surface area contributed by atoms with Crippen LogP contribution in [-0.2, 0) is 4.79 Å². The molecule has 1 aliphatic heterocycles. The summed E-state index contributed by atoms with van der Waals surface area (Å²) in [6.45, 7) is 2.63. The number of nitrogens with zero attached hydrogens (tertiary/aromatic N) is 2. The third-order valence-corrected chi connectivity index (χ3v) is 5.12. The molecule has 1 aliphatic carbocycles. The first-order valence-corrected chi connectivity index (χ1v) is 9.23. The maximum Gasteiger partial charge on any atom is 0.228 e. The van der Waals surface area contributed by atoms with E-state index in [2.05, 4.69) is 0 Å². The number of hydrogen-bond acceptors (Lipinski definition) is 4. The minimum absolute atomic E-state index is 0.0460. The fraction of sp³-hybridized carbons (Fsp3) is 0.227. The van der Waals surface area contributed by atoms with Gasteiger partial charge in [-0.15, -0.1) is 0 Å². The molecule has 5 nitrogen and oxygen atoms in total. The van der Waals surface area contributed by atoms with Crippen LogP contribution in [0.15, 0.2) is 59.9 Å². The van der Waals surface area contributed by atoms with Crippen LogP contribution in [0.2, 0.25) is 0 Å². The monoisotopic (exact) mass is 378 g/mol. The van der Waals surface area contributed by atoms with E-state index in [0.717, 1.165) is 12.8 Å². The van der Waals surface area contributed by atoms with Crippen LogP contribution in [0, 0.1) is 5.82 Å². The Morgan fingerprint density at radius 1 is 0.929 bits per heavy atom. The first-order chi connectivity index (χ1) is 13.5. The van der Waals surface area contributed by atoms with E-state index in [-0.39, 0.29) is 28.5 Å². The highest BCUT2D eigenvalue weighted by Crippen LogP contribution is 2.34. The molecule has 0 aromatic heterocycles. The average Bonchev–Trinajstić information content (AvgIpc) is 3.21. The highest BCUT2D eigenvalue weighted by molar-refractivity contribution is 6.29. The van der Waals surface area contributed by atoms with Gasteiger partial charge in [0.15, 0.2) is 0 Å². The zero-order valence-electron chi connectivity index (χ0n) is 15.4. The van der Waals surface area contributed by atoms with E-state index < -0.39 is 11.7 Å². The van der Waals surface area contributed by atoms with Crippen LogP contribution in [0.5, 0.6) is 0 Å². The third kappa shape index (κ3) is 2.91. The van der Waals surface area contributed by atoms with Gasteiger partial charge in [-0.3, -0.25) is 19.3 Å². The van der Waals surface area contributed by atoms with Crippen molar-refractivity contribution < 1.29 is 18.8 Å². The van der Waals surface area contributed by atoms with Crippen LogP contribution >= 0.6 is 0 Å². The van der Waals surface area contributed by atoms with Crippen molar-refractivity contribution in [1.29, 1.82) is 0 Å². The van der Waals surface area contributed by atoms with Crippen LogP contribution < -0.4 is 4.90 Å². The predicted octanol–water partition coefficient (Wildman–Crippen LogP) is 3.57. The molecule has 1 fully saturated rings. The van der Waals surface area contributed by atoms with Gasteiger partial charge in [0.2, 0.25) is 17.5 Å². The van der Waals surface area contributed by atoms with Gasteiger partial charge in [0.05, 0.1) is 0 Å². The van der Waals surface area contributed by atoms with Crippen molar-refractivity contribution in [3.63, 3.8) is 0 Å². The van der Waals surface area contributed by atoms with Crippen LogP contribution in [-0.4, -0.2) is 35.5 Å². The summed E-state index contributed by atoms with van der Waals surface area (Å²) in [4.78, 5) is 42.4. The Labute approximate surface area is 162 Å². The van der Waals surface area contributed by atoms with Gasteiger partial charge >= 0.3 is 0 Å². The molecule has 0 saturated carbocycles. The number of ketones is 2. The van der Waals surface area contributed by atoms with Gasteiger partial charge in [-0.2, -0.15) is 0 Å². The van der Waals surface area contributed by atoms with E-state index in [1.165, 1.54) is 36.1 Å². The Balaban J connectivity index is 1.96. The highest BCUT2D eigenvalue weighted by atomic mass is 19.1. The van der Waals surface area contributed by atoms with Gasteiger partial charge in [-0.1, -0.05) is 24.3 Å². The van der Waals surface area contributed by atoms with E-state index in [0.29, 0.717) is 24.3 Å². The molecule has 0 radical (unpaired) electrons. The molecule has 0 spiro atoms. The van der Waals surface area contributed by atoms with Crippen molar-refractivity contribution in [2.75, 3.05) is 18.0 Å². The molecule has 0 N–H and O–H groups in total. The second kappa shape index (κ2) is 7.03. The van der Waals surface area contributed by atoms with Crippen molar-refractivity contribution in [3.8, 4) is 0 Å². The summed E-state index contributed by atoms with van der Waals surface area (Å²) in [5, 5.41) is 0. The zero-order chi connectivity index (χ0) is 19.8. The first-order valence-electron chi connectivity index (χ1n) is 9.23. The lowest BCUT2D eigenvalue weighted by Gasteiger charge is -2.33. The fourth-order valence-corrected chi connectivity index (χ4v) is 3.85. The molecule has 6 heteroatoms. The summed E-state index contributed by atoms with van der Waals surface area (Å²) >= 11 is 0. The van der Waals surface area contributed by atoms with Crippen LogP contribution in [0.3, 0.4) is 0 Å². The number of anilines is 1. The lowest BCUT2D eigenvalue weighted by atomic mass is 9.89. The molecule has 0 unspecified atom stereocenters. The van der Waals surface area contributed by atoms with E-state index in [4.69, 9.17) is 0 Å². The van der Waals surface area contributed by atoms with Gasteiger partial charge in [-0.25, -0.2) is 4.39 Å². The largest absolute Gasteiger partial charge is 0.367 e. The summed E-state index contributed by atoms with van der Waals surface area (Å²) in [5.74, 6) is -1.51. The maximum absolute atomic E-state index is 13.4.